The second kappa shape index (κ2) is 10.3. The SMILES string of the molecule is c1ccc(-n2c3cc(-c4ccccn4)ccc3c3ccc4cc(-c5ccc6cc(-c7ccncc7)ccc6c5)ccc4c32)cc1. The van der Waals surface area contributed by atoms with E-state index in [1.165, 1.54) is 65.6 Å². The first kappa shape index (κ1) is 25.4. The summed E-state index contributed by atoms with van der Waals surface area (Å²) in [6.45, 7) is 0. The summed E-state index contributed by atoms with van der Waals surface area (Å²) in [5, 5.41) is 7.40. The van der Waals surface area contributed by atoms with Gasteiger partial charge in [0.15, 0.2) is 0 Å². The van der Waals surface area contributed by atoms with Crippen molar-refractivity contribution in [2.24, 2.45) is 0 Å². The van der Waals surface area contributed by atoms with E-state index < -0.39 is 0 Å². The molecule has 0 atom stereocenters. The lowest BCUT2D eigenvalue weighted by molar-refractivity contribution is 1.19. The molecule has 0 fully saturated rings. The normalized spacial score (nSPS) is 11.6. The van der Waals surface area contributed by atoms with Crippen LogP contribution in [0.4, 0.5) is 0 Å². The van der Waals surface area contributed by atoms with Crippen molar-refractivity contribution in [2.75, 3.05) is 0 Å². The van der Waals surface area contributed by atoms with Crippen molar-refractivity contribution in [1.29, 1.82) is 0 Å². The van der Waals surface area contributed by atoms with Crippen molar-refractivity contribution in [3.8, 4) is 39.2 Å². The zero-order chi connectivity index (χ0) is 29.7. The average molecular weight is 574 g/mol. The first-order valence-corrected chi connectivity index (χ1v) is 15.2. The topological polar surface area (TPSA) is 30.7 Å². The van der Waals surface area contributed by atoms with Gasteiger partial charge in [0.1, 0.15) is 0 Å². The Balaban J connectivity index is 1.21. The predicted molar refractivity (Wildman–Crippen MR) is 188 cm³/mol. The van der Waals surface area contributed by atoms with Crippen molar-refractivity contribution in [3.63, 3.8) is 0 Å². The van der Waals surface area contributed by atoms with Gasteiger partial charge in [0, 0.05) is 46.0 Å². The Morgan fingerprint density at radius 2 is 1.02 bits per heavy atom. The quantitative estimate of drug-likeness (QED) is 0.210. The molecule has 0 unspecified atom stereocenters. The lowest BCUT2D eigenvalue weighted by Crippen LogP contribution is -1.94. The van der Waals surface area contributed by atoms with Crippen LogP contribution in [0, 0.1) is 0 Å². The zero-order valence-corrected chi connectivity index (χ0v) is 24.4. The summed E-state index contributed by atoms with van der Waals surface area (Å²) in [6.07, 6.45) is 5.54. The molecule has 3 nitrogen and oxygen atoms in total. The fourth-order valence-electron chi connectivity index (χ4n) is 6.70. The summed E-state index contributed by atoms with van der Waals surface area (Å²) >= 11 is 0. The first-order chi connectivity index (χ1) is 22.3. The molecule has 6 aromatic carbocycles. The van der Waals surface area contributed by atoms with Crippen LogP contribution in [0.1, 0.15) is 0 Å². The highest BCUT2D eigenvalue weighted by Gasteiger charge is 2.16. The number of benzene rings is 6. The maximum absolute atomic E-state index is 4.63. The molecule has 0 spiro atoms. The first-order valence-electron chi connectivity index (χ1n) is 15.2. The van der Waals surface area contributed by atoms with E-state index in [0.29, 0.717) is 0 Å². The van der Waals surface area contributed by atoms with Crippen LogP contribution < -0.4 is 0 Å². The number of para-hydroxylation sites is 1. The molecule has 210 valence electrons. The number of fused-ring (bicyclic) bond motifs is 6. The smallest absolute Gasteiger partial charge is 0.0702 e. The molecule has 45 heavy (non-hydrogen) atoms. The molecule has 9 rings (SSSR count). The van der Waals surface area contributed by atoms with Gasteiger partial charge in [0.2, 0.25) is 0 Å². The molecule has 0 aliphatic carbocycles. The van der Waals surface area contributed by atoms with E-state index in [1.807, 2.05) is 30.7 Å². The summed E-state index contributed by atoms with van der Waals surface area (Å²) in [7, 11) is 0. The Kier molecular flexibility index (Phi) is 5.82. The van der Waals surface area contributed by atoms with Crippen molar-refractivity contribution < 1.29 is 0 Å². The minimum absolute atomic E-state index is 0.975. The summed E-state index contributed by atoms with van der Waals surface area (Å²) in [5.74, 6) is 0. The summed E-state index contributed by atoms with van der Waals surface area (Å²) < 4.78 is 2.41. The predicted octanol–water partition coefficient (Wildman–Crippen LogP) is 10.9. The fourth-order valence-corrected chi connectivity index (χ4v) is 6.70. The molecule has 0 amide bonds. The Labute approximate surface area is 260 Å². The van der Waals surface area contributed by atoms with Gasteiger partial charge in [-0.2, -0.15) is 0 Å². The van der Waals surface area contributed by atoms with E-state index in [9.17, 15) is 0 Å². The summed E-state index contributed by atoms with van der Waals surface area (Å²) in [6, 6.07) is 52.4. The van der Waals surface area contributed by atoms with Crippen LogP contribution in [-0.2, 0) is 0 Å². The number of hydrogen-bond donors (Lipinski definition) is 0. The van der Waals surface area contributed by atoms with Crippen LogP contribution in [0.5, 0.6) is 0 Å². The lowest BCUT2D eigenvalue weighted by atomic mass is 9.96. The molecular weight excluding hydrogens is 546 g/mol. The van der Waals surface area contributed by atoms with Gasteiger partial charge < -0.3 is 4.57 Å². The van der Waals surface area contributed by atoms with Crippen LogP contribution in [0.15, 0.2) is 164 Å². The van der Waals surface area contributed by atoms with E-state index in [0.717, 1.165) is 16.9 Å². The Morgan fingerprint density at radius 1 is 0.400 bits per heavy atom. The van der Waals surface area contributed by atoms with Crippen molar-refractivity contribution in [2.45, 2.75) is 0 Å². The standard InChI is InChI=1S/C42H27N3/c1-2-6-36(7-3-1)45-41-27-35(40-8-4-5-21-44-40)15-17-38(41)39-18-14-34-26-33(13-16-37(34)42(39)45)32-12-11-30-24-29(9-10-31(30)25-32)28-19-22-43-23-20-28/h1-27H. The minimum atomic E-state index is 0.975. The second-order valence-corrected chi connectivity index (χ2v) is 11.5. The molecule has 3 heteroatoms. The average Bonchev–Trinajstić information content (AvgIpc) is 3.46. The molecular formula is C42H27N3. The van der Waals surface area contributed by atoms with Gasteiger partial charge in [0.05, 0.1) is 16.7 Å². The molecule has 0 saturated heterocycles. The number of rotatable bonds is 4. The van der Waals surface area contributed by atoms with Crippen LogP contribution in [0.3, 0.4) is 0 Å². The number of nitrogens with zero attached hydrogens (tertiary/aromatic N) is 3. The second-order valence-electron chi connectivity index (χ2n) is 11.5. The number of hydrogen-bond acceptors (Lipinski definition) is 2. The Bertz CT molecular complexity index is 2510. The molecule has 9 aromatic rings. The van der Waals surface area contributed by atoms with Gasteiger partial charge in [-0.15, -0.1) is 0 Å². The molecule has 0 radical (unpaired) electrons. The molecule has 3 heterocycles. The maximum Gasteiger partial charge on any atom is 0.0702 e. The van der Waals surface area contributed by atoms with Gasteiger partial charge in [-0.05, 0) is 99.1 Å². The number of pyridine rings is 2. The van der Waals surface area contributed by atoms with Crippen molar-refractivity contribution in [3.05, 3.63) is 164 Å². The van der Waals surface area contributed by atoms with Gasteiger partial charge in [-0.25, -0.2) is 0 Å². The Hall–Kier alpha value is -6.06. The van der Waals surface area contributed by atoms with Gasteiger partial charge in [-0.1, -0.05) is 84.9 Å². The highest BCUT2D eigenvalue weighted by atomic mass is 15.0. The molecule has 0 saturated carbocycles. The van der Waals surface area contributed by atoms with Crippen molar-refractivity contribution >= 4 is 43.4 Å². The largest absolute Gasteiger partial charge is 0.309 e. The van der Waals surface area contributed by atoms with Crippen LogP contribution >= 0.6 is 0 Å². The molecule has 3 aromatic heterocycles. The van der Waals surface area contributed by atoms with Crippen molar-refractivity contribution in [1.82, 2.24) is 14.5 Å². The van der Waals surface area contributed by atoms with E-state index >= 15 is 0 Å². The summed E-state index contributed by atoms with van der Waals surface area (Å²) in [5.41, 5.74) is 10.4. The third-order valence-electron chi connectivity index (χ3n) is 8.91. The molecule has 0 N–H and O–H groups in total. The van der Waals surface area contributed by atoms with Gasteiger partial charge in [-0.3, -0.25) is 9.97 Å². The van der Waals surface area contributed by atoms with E-state index in [-0.39, 0.29) is 0 Å². The minimum Gasteiger partial charge on any atom is -0.309 e. The van der Waals surface area contributed by atoms with E-state index in [1.54, 1.807) is 0 Å². The highest BCUT2D eigenvalue weighted by molar-refractivity contribution is 6.19. The van der Waals surface area contributed by atoms with Crippen LogP contribution in [-0.4, -0.2) is 14.5 Å². The molecule has 0 aliphatic rings. The highest BCUT2D eigenvalue weighted by Crippen LogP contribution is 2.39. The van der Waals surface area contributed by atoms with Crippen LogP contribution in [0.25, 0.3) is 82.5 Å². The number of aromatic nitrogens is 3. The van der Waals surface area contributed by atoms with Crippen LogP contribution in [0.2, 0.25) is 0 Å². The summed E-state index contributed by atoms with van der Waals surface area (Å²) in [4.78, 5) is 8.78. The Morgan fingerprint density at radius 3 is 1.78 bits per heavy atom. The molecule has 0 bridgehead atoms. The third kappa shape index (κ3) is 4.29. The lowest BCUT2D eigenvalue weighted by Gasteiger charge is -2.12. The van der Waals surface area contributed by atoms with Gasteiger partial charge in [0.25, 0.3) is 0 Å². The monoisotopic (exact) mass is 573 g/mol. The van der Waals surface area contributed by atoms with E-state index in [2.05, 4.69) is 148 Å². The molecule has 0 aliphatic heterocycles. The fraction of sp³-hybridized carbons (Fsp3) is 0. The van der Waals surface area contributed by atoms with E-state index in [4.69, 9.17) is 0 Å². The third-order valence-corrected chi connectivity index (χ3v) is 8.91. The zero-order valence-electron chi connectivity index (χ0n) is 24.4. The van der Waals surface area contributed by atoms with Gasteiger partial charge >= 0.3 is 0 Å². The maximum atomic E-state index is 4.63.